The summed E-state index contributed by atoms with van der Waals surface area (Å²) in [7, 11) is 1.86. The van der Waals surface area contributed by atoms with Crippen LogP contribution in [0.25, 0.3) is 22.2 Å². The Bertz CT molecular complexity index is 1850. The molecule has 1 saturated heterocycles. The highest BCUT2D eigenvalue weighted by atomic mass is 19.1. The maximum atomic E-state index is 15.4. The first kappa shape index (κ1) is 25.1. The van der Waals surface area contributed by atoms with Crippen LogP contribution in [0.15, 0.2) is 61.8 Å². The highest BCUT2D eigenvalue weighted by Crippen LogP contribution is 2.47. The van der Waals surface area contributed by atoms with Crippen molar-refractivity contribution in [3.63, 3.8) is 0 Å². The zero-order valence-electron chi connectivity index (χ0n) is 22.6. The summed E-state index contributed by atoms with van der Waals surface area (Å²) in [5.74, 6) is 1.25. The molecule has 4 aromatic heterocycles. The second-order valence-corrected chi connectivity index (χ2v) is 10.7. The number of nitrogens with zero attached hydrogens (tertiary/aromatic N) is 7. The van der Waals surface area contributed by atoms with E-state index in [9.17, 15) is 4.79 Å². The fraction of sp³-hybridized carbons (Fsp3) is 0.267. The quantitative estimate of drug-likeness (QED) is 0.288. The molecule has 2 aliphatic rings. The number of carbonyl (C=O) groups excluding carboxylic acids is 1. The predicted molar refractivity (Wildman–Crippen MR) is 151 cm³/mol. The van der Waals surface area contributed by atoms with Crippen molar-refractivity contribution in [2.75, 3.05) is 11.9 Å². The molecule has 0 radical (unpaired) electrons. The van der Waals surface area contributed by atoms with Crippen LogP contribution >= 0.6 is 0 Å². The number of rotatable bonds is 6. The Morgan fingerprint density at radius 2 is 2.02 bits per heavy atom. The number of imidazole rings is 1. The number of amides is 1. The molecule has 1 amide bonds. The molecule has 1 aromatic carbocycles. The van der Waals surface area contributed by atoms with Crippen LogP contribution in [0.4, 0.5) is 15.9 Å². The first-order valence-electron chi connectivity index (χ1n) is 13.4. The van der Waals surface area contributed by atoms with Crippen molar-refractivity contribution in [1.82, 2.24) is 34.4 Å². The van der Waals surface area contributed by atoms with Gasteiger partial charge in [0, 0.05) is 43.4 Å². The third kappa shape index (κ3) is 4.33. The molecule has 5 aromatic rings. The summed E-state index contributed by atoms with van der Waals surface area (Å²) in [6.45, 7) is 6.26. The number of carbonyl (C=O) groups is 1. The van der Waals surface area contributed by atoms with Crippen LogP contribution < -0.4 is 10.1 Å². The smallest absolute Gasteiger partial charge is 0.246 e. The van der Waals surface area contributed by atoms with Gasteiger partial charge in [0.25, 0.3) is 0 Å². The number of halogens is 1. The van der Waals surface area contributed by atoms with Crippen molar-refractivity contribution in [1.29, 1.82) is 0 Å². The maximum absolute atomic E-state index is 15.4. The Morgan fingerprint density at radius 1 is 1.15 bits per heavy atom. The molecule has 2 fully saturated rings. The van der Waals surface area contributed by atoms with Crippen LogP contribution in [-0.4, -0.2) is 52.9 Å². The lowest BCUT2D eigenvalue weighted by molar-refractivity contribution is -0.127. The monoisotopic (exact) mass is 550 g/mol. The van der Waals surface area contributed by atoms with Crippen LogP contribution in [0, 0.1) is 18.7 Å². The molecular formula is C30H27FN8O2. The number of pyridine rings is 2. The van der Waals surface area contributed by atoms with Crippen molar-refractivity contribution in [2.24, 2.45) is 13.0 Å². The van der Waals surface area contributed by atoms with Gasteiger partial charge in [-0.15, -0.1) is 0 Å². The zero-order valence-corrected chi connectivity index (χ0v) is 22.6. The molecule has 2 bridgehead atoms. The van der Waals surface area contributed by atoms with Crippen molar-refractivity contribution in [2.45, 2.75) is 31.7 Å². The van der Waals surface area contributed by atoms with Gasteiger partial charge < -0.3 is 19.5 Å². The summed E-state index contributed by atoms with van der Waals surface area (Å²) in [5.41, 5.74) is 4.44. The van der Waals surface area contributed by atoms with Crippen LogP contribution in [-0.2, 0) is 11.8 Å². The Hall–Kier alpha value is -4.93. The number of aryl methyl sites for hydroxylation is 2. The summed E-state index contributed by atoms with van der Waals surface area (Å²) < 4.78 is 23.1. The summed E-state index contributed by atoms with van der Waals surface area (Å²) in [5, 5.41) is 3.11. The number of likely N-dealkylation sites (tertiary alicyclic amines) is 1. The molecule has 7 rings (SSSR count). The first-order valence-corrected chi connectivity index (χ1v) is 13.4. The Balaban J connectivity index is 1.16. The number of benzene rings is 1. The van der Waals surface area contributed by atoms with Crippen molar-refractivity contribution < 1.29 is 13.9 Å². The minimum atomic E-state index is -0.507. The molecule has 206 valence electrons. The van der Waals surface area contributed by atoms with Gasteiger partial charge in [0.05, 0.1) is 23.7 Å². The Kier molecular flexibility index (Phi) is 5.88. The summed E-state index contributed by atoms with van der Waals surface area (Å²) in [6.07, 6.45) is 8.01. The lowest BCUT2D eigenvalue weighted by Gasteiger charge is -2.32. The van der Waals surface area contributed by atoms with Crippen LogP contribution in [0.2, 0.25) is 0 Å². The fourth-order valence-corrected chi connectivity index (χ4v) is 6.14. The summed E-state index contributed by atoms with van der Waals surface area (Å²) >= 11 is 0. The minimum absolute atomic E-state index is 0.0412. The minimum Gasteiger partial charge on any atom is -0.455 e. The number of nitrogens with one attached hydrogen (secondary N) is 1. The van der Waals surface area contributed by atoms with Crippen molar-refractivity contribution in [3.05, 3.63) is 78.9 Å². The first-order chi connectivity index (χ1) is 19.9. The van der Waals surface area contributed by atoms with Crippen molar-refractivity contribution >= 4 is 39.6 Å². The van der Waals surface area contributed by atoms with E-state index in [1.807, 2.05) is 35.6 Å². The molecule has 3 atom stereocenters. The molecular weight excluding hydrogens is 523 g/mol. The Labute approximate surface area is 234 Å². The Morgan fingerprint density at radius 3 is 2.85 bits per heavy atom. The number of fused-ring (bicyclic) bond motifs is 4. The third-order valence-corrected chi connectivity index (χ3v) is 8.09. The van der Waals surface area contributed by atoms with Gasteiger partial charge >= 0.3 is 0 Å². The lowest BCUT2D eigenvalue weighted by Crippen LogP contribution is -2.40. The van der Waals surface area contributed by atoms with Crippen LogP contribution in [0.3, 0.4) is 0 Å². The maximum Gasteiger partial charge on any atom is 0.246 e. The van der Waals surface area contributed by atoms with Gasteiger partial charge in [-0.2, -0.15) is 0 Å². The van der Waals surface area contributed by atoms with Gasteiger partial charge in [-0.3, -0.25) is 4.79 Å². The number of piperidine rings is 1. The number of anilines is 2. The van der Waals surface area contributed by atoms with Gasteiger partial charge in [-0.05, 0) is 55.5 Å². The average Bonchev–Trinajstić information content (AvgIpc) is 3.70. The van der Waals surface area contributed by atoms with E-state index in [4.69, 9.17) is 9.72 Å². The second kappa shape index (κ2) is 9.61. The highest BCUT2D eigenvalue weighted by Gasteiger charge is 2.47. The van der Waals surface area contributed by atoms with Gasteiger partial charge in [0.2, 0.25) is 5.91 Å². The van der Waals surface area contributed by atoms with Gasteiger partial charge in [-0.1, -0.05) is 6.58 Å². The van der Waals surface area contributed by atoms with Crippen LogP contribution in [0.5, 0.6) is 11.5 Å². The predicted octanol–water partition coefficient (Wildman–Crippen LogP) is 5.18. The van der Waals surface area contributed by atoms with Crippen LogP contribution in [0.1, 0.15) is 30.0 Å². The molecule has 1 aliphatic carbocycles. The van der Waals surface area contributed by atoms with Crippen molar-refractivity contribution in [3.8, 4) is 11.5 Å². The fourth-order valence-electron chi connectivity index (χ4n) is 6.14. The topological polar surface area (TPSA) is 111 Å². The van der Waals surface area contributed by atoms with E-state index < -0.39 is 5.82 Å². The summed E-state index contributed by atoms with van der Waals surface area (Å²) in [6, 6.07) is 8.74. The van der Waals surface area contributed by atoms with E-state index in [1.165, 1.54) is 18.5 Å². The molecule has 5 heterocycles. The van der Waals surface area contributed by atoms with E-state index in [0.717, 1.165) is 36.3 Å². The average molecular weight is 551 g/mol. The molecule has 41 heavy (non-hydrogen) atoms. The third-order valence-electron chi connectivity index (χ3n) is 8.09. The number of ether oxygens (including phenoxy) is 1. The van der Waals surface area contributed by atoms with E-state index in [2.05, 4.69) is 31.8 Å². The molecule has 1 aliphatic heterocycles. The van der Waals surface area contributed by atoms with E-state index in [-0.39, 0.29) is 23.6 Å². The SMILES string of the molecule is C=CC(=O)N1C[C@H]2C[C@@H]1[C@H](c1ccc3ncnc(Nc4cc(C)c(Oc5cnc6c(c5)ncn6C)cc4F)c3n1)C2. The number of hydrogen-bond donors (Lipinski definition) is 1. The van der Waals surface area contributed by atoms with E-state index >= 15 is 4.39 Å². The molecule has 0 unspecified atom stereocenters. The summed E-state index contributed by atoms with van der Waals surface area (Å²) in [4.78, 5) is 36.7. The normalized spacial score (nSPS) is 19.7. The second-order valence-electron chi connectivity index (χ2n) is 10.7. The molecule has 10 nitrogen and oxygen atoms in total. The highest BCUT2D eigenvalue weighted by molar-refractivity contribution is 5.88. The molecule has 1 saturated carbocycles. The van der Waals surface area contributed by atoms with E-state index in [1.54, 1.807) is 24.7 Å². The van der Waals surface area contributed by atoms with Gasteiger partial charge in [0.1, 0.15) is 34.7 Å². The standard InChI is InChI=1S/C30H27FN8O2/c1-4-27(40)39-13-17-8-19(25(39)9-17)21-5-6-22-28(36-21)29(34-14-33-22)37-23-7-16(2)26(11-20(23)31)41-18-10-24-30(32-12-18)38(3)15-35-24/h4-7,10-12,14-15,17,19,25H,1,8-9,13H2,2-3H3,(H,33,34,37)/t17-,19+,25-/m1/s1. The lowest BCUT2D eigenvalue weighted by atomic mass is 9.94. The molecule has 11 heteroatoms. The molecule has 1 N–H and O–H groups in total. The molecule has 0 spiro atoms. The number of aromatic nitrogens is 6. The van der Waals surface area contributed by atoms with Gasteiger partial charge in [0.15, 0.2) is 11.5 Å². The zero-order chi connectivity index (χ0) is 28.2. The van der Waals surface area contributed by atoms with Gasteiger partial charge in [-0.25, -0.2) is 29.3 Å². The number of hydrogen-bond acceptors (Lipinski definition) is 8. The van der Waals surface area contributed by atoms with E-state index in [0.29, 0.717) is 39.8 Å². The largest absolute Gasteiger partial charge is 0.455 e.